The molecule has 0 spiro atoms. The Kier molecular flexibility index (Phi) is 4.28. The summed E-state index contributed by atoms with van der Waals surface area (Å²) in [6.45, 7) is 1.72. The number of carbonyl (C=O) groups excluding carboxylic acids is 1. The first kappa shape index (κ1) is 13.8. The molecule has 3 heterocycles. The Labute approximate surface area is 124 Å². The summed E-state index contributed by atoms with van der Waals surface area (Å²) in [5.74, 6) is 0.731. The molecule has 1 amide bonds. The number of hydrogen-bond acceptors (Lipinski definition) is 3. The van der Waals surface area contributed by atoms with Gasteiger partial charge in [-0.25, -0.2) is 0 Å². The van der Waals surface area contributed by atoms with Crippen LogP contribution in [0.1, 0.15) is 24.1 Å². The molecule has 2 aromatic heterocycles. The minimum Gasteiger partial charge on any atom is -0.342 e. The van der Waals surface area contributed by atoms with Crippen molar-refractivity contribution in [2.24, 2.45) is 5.92 Å². The molecule has 110 valence electrons. The maximum absolute atomic E-state index is 12.4. The lowest BCUT2D eigenvalue weighted by atomic mass is 9.93. The van der Waals surface area contributed by atoms with E-state index in [9.17, 15) is 4.79 Å². The second-order valence-electron chi connectivity index (χ2n) is 5.67. The molecule has 1 aliphatic rings. The van der Waals surface area contributed by atoms with Crippen LogP contribution in [-0.4, -0.2) is 39.1 Å². The molecule has 1 N–H and O–H groups in total. The lowest BCUT2D eigenvalue weighted by Crippen LogP contribution is -2.41. The van der Waals surface area contributed by atoms with Crippen molar-refractivity contribution in [3.8, 4) is 0 Å². The third-order valence-electron chi connectivity index (χ3n) is 4.02. The highest BCUT2D eigenvalue weighted by Gasteiger charge is 2.24. The highest BCUT2D eigenvalue weighted by atomic mass is 16.2. The Morgan fingerprint density at radius 2 is 2.33 bits per heavy atom. The quantitative estimate of drug-likeness (QED) is 0.931. The standard InChI is InChI=1S/C16H20N4O/c21-16(10-13-3-1-6-17-11-13)20-8-2-4-14(12-20)9-15-5-7-18-19-15/h1,3,5-7,11,14H,2,4,8-10,12H2,(H,18,19)/t14-/m0/s1. The highest BCUT2D eigenvalue weighted by Crippen LogP contribution is 2.20. The summed E-state index contributed by atoms with van der Waals surface area (Å²) in [4.78, 5) is 18.5. The van der Waals surface area contributed by atoms with Crippen molar-refractivity contribution in [3.05, 3.63) is 48.0 Å². The number of nitrogens with one attached hydrogen (secondary N) is 1. The zero-order valence-corrected chi connectivity index (χ0v) is 12.0. The summed E-state index contributed by atoms with van der Waals surface area (Å²) in [5, 5.41) is 6.99. The average Bonchev–Trinajstić information content (AvgIpc) is 3.01. The number of piperidine rings is 1. The van der Waals surface area contributed by atoms with Crippen LogP contribution < -0.4 is 0 Å². The Bertz CT molecular complexity index is 567. The predicted molar refractivity (Wildman–Crippen MR) is 79.5 cm³/mol. The number of amides is 1. The number of pyridine rings is 1. The predicted octanol–water partition coefficient (Wildman–Crippen LogP) is 1.83. The SMILES string of the molecule is O=C(Cc1cccnc1)N1CCC[C@@H](Cc2ccn[nH]2)C1. The lowest BCUT2D eigenvalue weighted by molar-refractivity contribution is -0.132. The van der Waals surface area contributed by atoms with Gasteiger partial charge in [0.1, 0.15) is 0 Å². The van der Waals surface area contributed by atoms with Crippen molar-refractivity contribution in [2.45, 2.75) is 25.7 Å². The van der Waals surface area contributed by atoms with Crippen LogP contribution in [0.4, 0.5) is 0 Å². The van der Waals surface area contributed by atoms with Crippen molar-refractivity contribution in [1.82, 2.24) is 20.1 Å². The number of hydrogen-bond donors (Lipinski definition) is 1. The summed E-state index contributed by atoms with van der Waals surface area (Å²) in [6, 6.07) is 5.84. The Balaban J connectivity index is 1.56. The van der Waals surface area contributed by atoms with Crippen molar-refractivity contribution >= 4 is 5.91 Å². The molecule has 1 aliphatic heterocycles. The zero-order chi connectivity index (χ0) is 14.5. The van der Waals surface area contributed by atoms with Crippen molar-refractivity contribution in [3.63, 3.8) is 0 Å². The van der Waals surface area contributed by atoms with E-state index in [1.54, 1.807) is 18.6 Å². The monoisotopic (exact) mass is 284 g/mol. The summed E-state index contributed by atoms with van der Waals surface area (Å²) in [7, 11) is 0. The van der Waals surface area contributed by atoms with Gasteiger partial charge in [0.25, 0.3) is 0 Å². The number of carbonyl (C=O) groups is 1. The van der Waals surface area contributed by atoms with E-state index in [2.05, 4.69) is 15.2 Å². The topological polar surface area (TPSA) is 61.9 Å². The number of nitrogens with zero attached hydrogens (tertiary/aromatic N) is 3. The van der Waals surface area contributed by atoms with Gasteiger partial charge in [-0.2, -0.15) is 5.10 Å². The summed E-state index contributed by atoms with van der Waals surface area (Å²) in [6.07, 6.45) is 8.96. The number of likely N-dealkylation sites (tertiary alicyclic amines) is 1. The molecule has 0 aliphatic carbocycles. The molecule has 0 saturated carbocycles. The molecule has 1 saturated heterocycles. The van der Waals surface area contributed by atoms with Crippen molar-refractivity contribution in [1.29, 1.82) is 0 Å². The van der Waals surface area contributed by atoms with E-state index in [1.807, 2.05) is 23.1 Å². The molecule has 2 aromatic rings. The van der Waals surface area contributed by atoms with Gasteiger partial charge in [0, 0.05) is 37.4 Å². The molecule has 0 radical (unpaired) electrons. The minimum atomic E-state index is 0.206. The van der Waals surface area contributed by atoms with E-state index in [4.69, 9.17) is 0 Å². The molecular weight excluding hydrogens is 264 g/mol. The van der Waals surface area contributed by atoms with Crippen LogP contribution >= 0.6 is 0 Å². The molecule has 0 aromatic carbocycles. The summed E-state index contributed by atoms with van der Waals surface area (Å²) in [5.41, 5.74) is 2.14. The van der Waals surface area contributed by atoms with Gasteiger partial charge in [0.2, 0.25) is 5.91 Å². The summed E-state index contributed by atoms with van der Waals surface area (Å²) >= 11 is 0. The number of aromatic amines is 1. The van der Waals surface area contributed by atoms with Gasteiger partial charge in [-0.05, 0) is 42.9 Å². The Morgan fingerprint density at radius 1 is 1.38 bits per heavy atom. The number of aromatic nitrogens is 3. The minimum absolute atomic E-state index is 0.206. The Morgan fingerprint density at radius 3 is 3.10 bits per heavy atom. The molecule has 5 heteroatoms. The van der Waals surface area contributed by atoms with E-state index < -0.39 is 0 Å². The van der Waals surface area contributed by atoms with Gasteiger partial charge in [-0.1, -0.05) is 6.07 Å². The second-order valence-corrected chi connectivity index (χ2v) is 5.67. The fraction of sp³-hybridized carbons (Fsp3) is 0.438. The van der Waals surface area contributed by atoms with Crippen LogP contribution in [0.5, 0.6) is 0 Å². The van der Waals surface area contributed by atoms with Gasteiger partial charge in [0.15, 0.2) is 0 Å². The molecule has 21 heavy (non-hydrogen) atoms. The first-order chi connectivity index (χ1) is 10.3. The van der Waals surface area contributed by atoms with Gasteiger partial charge in [0.05, 0.1) is 6.42 Å². The van der Waals surface area contributed by atoms with Gasteiger partial charge in [-0.15, -0.1) is 0 Å². The van der Waals surface area contributed by atoms with Crippen molar-refractivity contribution in [2.75, 3.05) is 13.1 Å². The second kappa shape index (κ2) is 6.52. The molecule has 1 atom stereocenters. The molecule has 3 rings (SSSR count). The highest BCUT2D eigenvalue weighted by molar-refractivity contribution is 5.78. The zero-order valence-electron chi connectivity index (χ0n) is 12.0. The number of rotatable bonds is 4. The third kappa shape index (κ3) is 3.68. The molecule has 0 bridgehead atoms. The molecular formula is C16H20N4O. The van der Waals surface area contributed by atoms with E-state index >= 15 is 0 Å². The first-order valence-electron chi connectivity index (χ1n) is 7.46. The van der Waals surface area contributed by atoms with Crippen LogP contribution in [-0.2, 0) is 17.6 Å². The van der Waals surface area contributed by atoms with Crippen LogP contribution in [0.2, 0.25) is 0 Å². The van der Waals surface area contributed by atoms with E-state index in [1.165, 1.54) is 6.42 Å². The van der Waals surface area contributed by atoms with E-state index in [-0.39, 0.29) is 5.91 Å². The molecule has 0 unspecified atom stereocenters. The van der Waals surface area contributed by atoms with E-state index in [0.29, 0.717) is 12.3 Å². The lowest BCUT2D eigenvalue weighted by Gasteiger charge is -2.32. The van der Waals surface area contributed by atoms with Crippen molar-refractivity contribution < 1.29 is 4.79 Å². The van der Waals surface area contributed by atoms with Gasteiger partial charge in [-0.3, -0.25) is 14.9 Å². The summed E-state index contributed by atoms with van der Waals surface area (Å²) < 4.78 is 0. The van der Waals surface area contributed by atoms with Gasteiger partial charge >= 0.3 is 0 Å². The van der Waals surface area contributed by atoms with Crippen LogP contribution in [0.25, 0.3) is 0 Å². The fourth-order valence-electron chi connectivity index (χ4n) is 2.96. The van der Waals surface area contributed by atoms with Crippen LogP contribution in [0.15, 0.2) is 36.8 Å². The maximum atomic E-state index is 12.4. The van der Waals surface area contributed by atoms with Crippen LogP contribution in [0, 0.1) is 5.92 Å². The fourth-order valence-corrected chi connectivity index (χ4v) is 2.96. The average molecular weight is 284 g/mol. The Hall–Kier alpha value is -2.17. The van der Waals surface area contributed by atoms with E-state index in [0.717, 1.165) is 37.2 Å². The van der Waals surface area contributed by atoms with Crippen LogP contribution in [0.3, 0.4) is 0 Å². The smallest absolute Gasteiger partial charge is 0.227 e. The first-order valence-corrected chi connectivity index (χ1v) is 7.46. The normalized spacial score (nSPS) is 18.7. The number of H-pyrrole nitrogens is 1. The molecule has 1 fully saturated rings. The maximum Gasteiger partial charge on any atom is 0.227 e. The third-order valence-corrected chi connectivity index (χ3v) is 4.02. The molecule has 5 nitrogen and oxygen atoms in total. The largest absolute Gasteiger partial charge is 0.342 e. The van der Waals surface area contributed by atoms with Gasteiger partial charge < -0.3 is 4.90 Å².